The Hall–Kier alpha value is -3.78. The normalized spacial score (nSPS) is 11.0. The lowest BCUT2D eigenvalue weighted by molar-refractivity contribution is -0.384. The summed E-state index contributed by atoms with van der Waals surface area (Å²) in [6.07, 6.45) is 2.54. The number of amides is 1. The van der Waals surface area contributed by atoms with Gasteiger partial charge in [0.15, 0.2) is 0 Å². The molecule has 9 heteroatoms. The van der Waals surface area contributed by atoms with Crippen molar-refractivity contribution in [2.75, 3.05) is 13.7 Å². The minimum Gasteiger partial charge on any atom is -0.497 e. The number of rotatable bonds is 7. The van der Waals surface area contributed by atoms with Gasteiger partial charge in [0.05, 0.1) is 23.2 Å². The molecule has 2 N–H and O–H groups in total. The number of aromatic nitrogens is 1. The number of furan rings is 1. The van der Waals surface area contributed by atoms with E-state index in [1.807, 2.05) is 24.4 Å². The number of fused-ring (bicyclic) bond motifs is 1. The smallest absolute Gasteiger partial charge is 0.281 e. The van der Waals surface area contributed by atoms with Crippen LogP contribution in [0.25, 0.3) is 22.2 Å². The van der Waals surface area contributed by atoms with Crippen LogP contribution in [0.1, 0.15) is 21.7 Å². The first kappa shape index (κ1) is 21.5. The highest BCUT2D eigenvalue weighted by molar-refractivity contribution is 6.30. The van der Waals surface area contributed by atoms with Crippen LogP contribution in [0.5, 0.6) is 5.75 Å². The molecule has 0 atom stereocenters. The van der Waals surface area contributed by atoms with E-state index in [-0.39, 0.29) is 27.9 Å². The molecule has 1 amide bonds. The summed E-state index contributed by atoms with van der Waals surface area (Å²) in [5.41, 5.74) is 2.44. The second-order valence-corrected chi connectivity index (χ2v) is 7.67. The molecule has 164 valence electrons. The minimum absolute atomic E-state index is 0.186. The molecule has 0 fully saturated rings. The van der Waals surface area contributed by atoms with Crippen LogP contribution in [0.2, 0.25) is 5.02 Å². The molecule has 8 nitrogen and oxygen atoms in total. The van der Waals surface area contributed by atoms with Gasteiger partial charge < -0.3 is 19.5 Å². The summed E-state index contributed by atoms with van der Waals surface area (Å²) in [6, 6.07) is 11.6. The summed E-state index contributed by atoms with van der Waals surface area (Å²) >= 11 is 5.88. The van der Waals surface area contributed by atoms with E-state index in [1.165, 1.54) is 24.3 Å². The topological polar surface area (TPSA) is 110 Å². The van der Waals surface area contributed by atoms with E-state index in [4.69, 9.17) is 20.8 Å². The van der Waals surface area contributed by atoms with Crippen molar-refractivity contribution in [2.45, 2.75) is 13.3 Å². The number of carbonyl (C=O) groups is 1. The van der Waals surface area contributed by atoms with Gasteiger partial charge in [-0.1, -0.05) is 11.6 Å². The van der Waals surface area contributed by atoms with Crippen LogP contribution in [0.4, 0.5) is 5.69 Å². The number of nitrogens with one attached hydrogen (secondary N) is 2. The van der Waals surface area contributed by atoms with Crippen LogP contribution in [-0.2, 0) is 6.42 Å². The van der Waals surface area contributed by atoms with Gasteiger partial charge in [-0.15, -0.1) is 0 Å². The second-order valence-electron chi connectivity index (χ2n) is 7.23. The number of aromatic amines is 1. The number of aryl methyl sites for hydroxylation is 1. The number of benzene rings is 2. The molecular weight excluding hydrogens is 434 g/mol. The predicted octanol–water partition coefficient (Wildman–Crippen LogP) is 5.28. The number of H-pyrrole nitrogens is 1. The first-order valence-electron chi connectivity index (χ1n) is 9.84. The standard InChI is InChI=1S/C23H20ClN3O5/c1-13-19(11-22(32-13)18-5-3-15(24)9-21(18)27(29)30)23(28)25-8-7-14-12-26-20-10-16(31-2)4-6-17(14)20/h3-6,9-12,26H,7-8H2,1-2H3,(H,25,28). The van der Waals surface area contributed by atoms with Crippen molar-refractivity contribution in [3.8, 4) is 17.1 Å². The van der Waals surface area contributed by atoms with Crippen molar-refractivity contribution in [1.82, 2.24) is 10.3 Å². The van der Waals surface area contributed by atoms with E-state index in [2.05, 4.69) is 10.3 Å². The molecule has 0 bridgehead atoms. The Balaban J connectivity index is 1.47. The molecule has 0 aliphatic carbocycles. The lowest BCUT2D eigenvalue weighted by Gasteiger charge is -2.04. The largest absolute Gasteiger partial charge is 0.497 e. The van der Waals surface area contributed by atoms with Crippen molar-refractivity contribution < 1.29 is 18.9 Å². The van der Waals surface area contributed by atoms with Crippen LogP contribution in [0.15, 0.2) is 53.1 Å². The van der Waals surface area contributed by atoms with Crippen LogP contribution < -0.4 is 10.1 Å². The zero-order valence-corrected chi connectivity index (χ0v) is 18.2. The molecule has 0 radical (unpaired) electrons. The van der Waals surface area contributed by atoms with Crippen molar-refractivity contribution in [3.05, 3.63) is 80.7 Å². The Morgan fingerprint density at radius 3 is 2.81 bits per heavy atom. The Morgan fingerprint density at radius 1 is 1.25 bits per heavy atom. The lowest BCUT2D eigenvalue weighted by atomic mass is 10.1. The summed E-state index contributed by atoms with van der Waals surface area (Å²) in [6.45, 7) is 2.06. The predicted molar refractivity (Wildman–Crippen MR) is 121 cm³/mol. The number of hydrogen-bond donors (Lipinski definition) is 2. The van der Waals surface area contributed by atoms with Crippen molar-refractivity contribution in [3.63, 3.8) is 0 Å². The monoisotopic (exact) mass is 453 g/mol. The van der Waals surface area contributed by atoms with Crippen LogP contribution in [-0.4, -0.2) is 29.5 Å². The highest BCUT2D eigenvalue weighted by Gasteiger charge is 2.22. The van der Waals surface area contributed by atoms with Gasteiger partial charge in [0, 0.05) is 40.8 Å². The van der Waals surface area contributed by atoms with Crippen LogP contribution in [0.3, 0.4) is 0 Å². The molecule has 0 unspecified atom stereocenters. The van der Waals surface area contributed by atoms with Gasteiger partial charge in [0.2, 0.25) is 0 Å². The van der Waals surface area contributed by atoms with Gasteiger partial charge in [-0.2, -0.15) is 0 Å². The Morgan fingerprint density at radius 2 is 2.06 bits per heavy atom. The molecule has 32 heavy (non-hydrogen) atoms. The van der Waals surface area contributed by atoms with Gasteiger partial charge in [-0.05, 0) is 49.2 Å². The molecule has 0 aliphatic heterocycles. The number of halogens is 1. The first-order chi connectivity index (χ1) is 15.4. The fourth-order valence-electron chi connectivity index (χ4n) is 3.61. The Bertz CT molecular complexity index is 1320. The number of nitrogens with zero attached hydrogens (tertiary/aromatic N) is 1. The quantitative estimate of drug-likeness (QED) is 0.292. The molecule has 0 saturated heterocycles. The van der Waals surface area contributed by atoms with Gasteiger partial charge in [0.25, 0.3) is 11.6 Å². The molecule has 4 rings (SSSR count). The fourth-order valence-corrected chi connectivity index (χ4v) is 3.78. The number of methoxy groups -OCH3 is 1. The second kappa shape index (κ2) is 8.76. The van der Waals surface area contributed by atoms with Gasteiger partial charge in [-0.25, -0.2) is 0 Å². The third-order valence-electron chi connectivity index (χ3n) is 5.24. The first-order valence-corrected chi connectivity index (χ1v) is 10.2. The molecule has 0 aliphatic rings. The molecule has 0 saturated carbocycles. The van der Waals surface area contributed by atoms with E-state index in [1.54, 1.807) is 14.0 Å². The zero-order chi connectivity index (χ0) is 22.8. The van der Waals surface area contributed by atoms with Gasteiger partial charge in [0.1, 0.15) is 17.3 Å². The van der Waals surface area contributed by atoms with Crippen molar-refractivity contribution >= 4 is 34.1 Å². The minimum atomic E-state index is -0.532. The number of carbonyl (C=O) groups excluding carboxylic acids is 1. The summed E-state index contributed by atoms with van der Waals surface area (Å²) in [4.78, 5) is 26.8. The molecule has 2 heterocycles. The van der Waals surface area contributed by atoms with Crippen LogP contribution in [0, 0.1) is 17.0 Å². The highest BCUT2D eigenvalue weighted by Crippen LogP contribution is 2.34. The third kappa shape index (κ3) is 4.17. The summed E-state index contributed by atoms with van der Waals surface area (Å²) in [5, 5.41) is 15.6. The molecule has 2 aromatic carbocycles. The Kier molecular flexibility index (Phi) is 5.87. The maximum absolute atomic E-state index is 12.7. The summed E-state index contributed by atoms with van der Waals surface area (Å²) in [5.74, 6) is 1.07. The van der Waals surface area contributed by atoms with E-state index in [0.29, 0.717) is 24.3 Å². The highest BCUT2D eigenvalue weighted by atomic mass is 35.5. The van der Waals surface area contributed by atoms with E-state index in [0.717, 1.165) is 22.2 Å². The van der Waals surface area contributed by atoms with Crippen molar-refractivity contribution in [2.24, 2.45) is 0 Å². The Labute approximate surface area is 188 Å². The number of nitro benzene ring substituents is 1. The van der Waals surface area contributed by atoms with Crippen LogP contribution >= 0.6 is 11.6 Å². The zero-order valence-electron chi connectivity index (χ0n) is 17.4. The number of ether oxygens (including phenoxy) is 1. The fraction of sp³-hybridized carbons (Fsp3) is 0.174. The SMILES string of the molecule is COc1ccc2c(CCNC(=O)c3cc(-c4ccc(Cl)cc4[N+](=O)[O-])oc3C)c[nH]c2c1. The molecular formula is C23H20ClN3O5. The average molecular weight is 454 g/mol. The van der Waals surface area contributed by atoms with Gasteiger partial charge in [-0.3, -0.25) is 14.9 Å². The molecule has 2 aromatic heterocycles. The van der Waals surface area contributed by atoms with E-state index in [9.17, 15) is 14.9 Å². The maximum Gasteiger partial charge on any atom is 0.281 e. The average Bonchev–Trinajstić information content (AvgIpc) is 3.36. The third-order valence-corrected chi connectivity index (χ3v) is 5.47. The van der Waals surface area contributed by atoms with Crippen molar-refractivity contribution in [1.29, 1.82) is 0 Å². The lowest BCUT2D eigenvalue weighted by Crippen LogP contribution is -2.25. The number of hydrogen-bond acceptors (Lipinski definition) is 5. The maximum atomic E-state index is 12.7. The van der Waals surface area contributed by atoms with E-state index < -0.39 is 4.92 Å². The molecule has 4 aromatic rings. The van der Waals surface area contributed by atoms with E-state index >= 15 is 0 Å². The van der Waals surface area contributed by atoms with Gasteiger partial charge >= 0.3 is 0 Å². The number of nitro groups is 1. The molecule has 0 spiro atoms. The summed E-state index contributed by atoms with van der Waals surface area (Å²) < 4.78 is 10.9. The summed E-state index contributed by atoms with van der Waals surface area (Å²) in [7, 11) is 1.62.